The first-order valence-electron chi connectivity index (χ1n) is 10.8. The van der Waals surface area contributed by atoms with Crippen molar-refractivity contribution in [3.8, 4) is 11.5 Å². The second kappa shape index (κ2) is 11.4. The third kappa shape index (κ3) is 6.72. The average molecular weight is 427 g/mol. The van der Waals surface area contributed by atoms with Gasteiger partial charge in [-0.25, -0.2) is 4.79 Å². The quantitative estimate of drug-likeness (QED) is 0.761. The van der Waals surface area contributed by atoms with Gasteiger partial charge in [-0.05, 0) is 44.4 Å². The van der Waals surface area contributed by atoms with E-state index in [-0.39, 0.29) is 18.0 Å². The van der Waals surface area contributed by atoms with E-state index in [1.165, 1.54) is 0 Å². The monoisotopic (exact) mass is 426 g/mol. The SMILES string of the molecule is CCOc1ccccc1CN1CC(=O)NCCCCCOc2cc(C(=O)O)ccc2C1. The normalized spacial score (nSPS) is 16.0. The largest absolute Gasteiger partial charge is 0.494 e. The molecule has 0 spiro atoms. The Balaban J connectivity index is 1.90. The van der Waals surface area contributed by atoms with Gasteiger partial charge in [-0.15, -0.1) is 0 Å². The van der Waals surface area contributed by atoms with Crippen molar-refractivity contribution < 1.29 is 24.2 Å². The van der Waals surface area contributed by atoms with Crippen molar-refractivity contribution in [1.82, 2.24) is 10.2 Å². The minimum Gasteiger partial charge on any atom is -0.494 e. The number of aromatic carboxylic acids is 1. The fraction of sp³-hybridized carbons (Fsp3) is 0.417. The Morgan fingerprint density at radius 3 is 2.81 bits per heavy atom. The standard InChI is InChI=1S/C24H30N2O5/c1-2-30-21-9-5-4-8-19(21)15-26-16-20-11-10-18(24(28)29)14-22(20)31-13-7-3-6-12-25-23(27)17-26/h4-5,8-11,14H,2-3,6-7,12-13,15-17H2,1H3,(H,25,27)(H,28,29). The van der Waals surface area contributed by atoms with Crippen molar-refractivity contribution in [1.29, 1.82) is 0 Å². The second-order valence-corrected chi connectivity index (χ2v) is 7.57. The highest BCUT2D eigenvalue weighted by atomic mass is 16.5. The Bertz CT molecular complexity index is 899. The summed E-state index contributed by atoms with van der Waals surface area (Å²) in [5, 5.41) is 12.4. The molecule has 0 saturated heterocycles. The molecule has 7 nitrogen and oxygen atoms in total. The Morgan fingerprint density at radius 2 is 2.00 bits per heavy atom. The molecule has 1 heterocycles. The summed E-state index contributed by atoms with van der Waals surface area (Å²) in [4.78, 5) is 26.0. The summed E-state index contributed by atoms with van der Waals surface area (Å²) in [5.74, 6) is 0.336. The fourth-order valence-electron chi connectivity index (χ4n) is 3.61. The van der Waals surface area contributed by atoms with Crippen molar-refractivity contribution in [2.75, 3.05) is 26.3 Å². The molecule has 0 aliphatic carbocycles. The number of fused-ring (bicyclic) bond motifs is 1. The van der Waals surface area contributed by atoms with Gasteiger partial charge in [0, 0.05) is 30.8 Å². The molecular formula is C24H30N2O5. The van der Waals surface area contributed by atoms with Crippen LogP contribution in [0.4, 0.5) is 0 Å². The number of carbonyl (C=O) groups excluding carboxylic acids is 1. The van der Waals surface area contributed by atoms with Gasteiger partial charge in [-0.3, -0.25) is 9.69 Å². The number of nitrogens with one attached hydrogen (secondary N) is 1. The molecule has 0 atom stereocenters. The molecule has 2 aromatic rings. The number of benzene rings is 2. The minimum absolute atomic E-state index is 0.0298. The lowest BCUT2D eigenvalue weighted by Crippen LogP contribution is -2.37. The first-order valence-corrected chi connectivity index (χ1v) is 10.8. The lowest BCUT2D eigenvalue weighted by molar-refractivity contribution is -0.122. The zero-order valence-electron chi connectivity index (χ0n) is 17.9. The molecule has 0 saturated carbocycles. The van der Waals surface area contributed by atoms with Gasteiger partial charge in [0.25, 0.3) is 0 Å². The molecule has 7 heteroatoms. The van der Waals surface area contributed by atoms with Gasteiger partial charge < -0.3 is 19.9 Å². The molecule has 2 N–H and O–H groups in total. The summed E-state index contributed by atoms with van der Waals surface area (Å²) in [7, 11) is 0. The maximum absolute atomic E-state index is 12.6. The summed E-state index contributed by atoms with van der Waals surface area (Å²) in [6.45, 7) is 4.84. The first-order chi connectivity index (χ1) is 15.1. The highest BCUT2D eigenvalue weighted by molar-refractivity contribution is 5.88. The van der Waals surface area contributed by atoms with Crippen LogP contribution in [0.25, 0.3) is 0 Å². The van der Waals surface area contributed by atoms with E-state index in [0.29, 0.717) is 38.6 Å². The number of carbonyl (C=O) groups is 2. The van der Waals surface area contributed by atoms with E-state index in [2.05, 4.69) is 5.32 Å². The maximum atomic E-state index is 12.6. The minimum atomic E-state index is -0.990. The molecule has 31 heavy (non-hydrogen) atoms. The number of para-hydroxylation sites is 1. The fourth-order valence-corrected chi connectivity index (χ4v) is 3.61. The molecule has 3 rings (SSSR count). The van der Waals surface area contributed by atoms with Crippen LogP contribution in [0.2, 0.25) is 0 Å². The van der Waals surface area contributed by atoms with Crippen LogP contribution in [0.5, 0.6) is 11.5 Å². The molecular weight excluding hydrogens is 396 g/mol. The van der Waals surface area contributed by atoms with E-state index in [4.69, 9.17) is 9.47 Å². The van der Waals surface area contributed by atoms with Crippen LogP contribution in [0.3, 0.4) is 0 Å². The molecule has 0 fully saturated rings. The zero-order chi connectivity index (χ0) is 22.1. The van der Waals surface area contributed by atoms with E-state index in [1.807, 2.05) is 36.1 Å². The third-order valence-electron chi connectivity index (χ3n) is 5.14. The van der Waals surface area contributed by atoms with Crippen LogP contribution in [0.15, 0.2) is 42.5 Å². The van der Waals surface area contributed by atoms with Crippen LogP contribution in [0, 0.1) is 0 Å². The third-order valence-corrected chi connectivity index (χ3v) is 5.14. The van der Waals surface area contributed by atoms with Gasteiger partial charge in [0.1, 0.15) is 11.5 Å². The maximum Gasteiger partial charge on any atom is 0.335 e. The number of nitrogens with zero attached hydrogens (tertiary/aromatic N) is 1. The van der Waals surface area contributed by atoms with E-state index in [1.54, 1.807) is 18.2 Å². The predicted molar refractivity (Wildman–Crippen MR) is 117 cm³/mol. The van der Waals surface area contributed by atoms with Gasteiger partial charge in [0.05, 0.1) is 25.3 Å². The number of amides is 1. The van der Waals surface area contributed by atoms with Gasteiger partial charge in [-0.2, -0.15) is 0 Å². The van der Waals surface area contributed by atoms with Crippen LogP contribution in [0.1, 0.15) is 47.7 Å². The second-order valence-electron chi connectivity index (χ2n) is 7.57. The zero-order valence-corrected chi connectivity index (χ0v) is 17.9. The van der Waals surface area contributed by atoms with Crippen molar-refractivity contribution in [2.45, 2.75) is 39.3 Å². The van der Waals surface area contributed by atoms with E-state index >= 15 is 0 Å². The molecule has 166 valence electrons. The molecule has 0 aromatic heterocycles. The van der Waals surface area contributed by atoms with Gasteiger partial charge >= 0.3 is 5.97 Å². The highest BCUT2D eigenvalue weighted by Crippen LogP contribution is 2.26. The van der Waals surface area contributed by atoms with Gasteiger partial charge in [0.2, 0.25) is 5.91 Å². The van der Waals surface area contributed by atoms with E-state index < -0.39 is 5.97 Å². The summed E-state index contributed by atoms with van der Waals surface area (Å²) in [6, 6.07) is 12.7. The van der Waals surface area contributed by atoms with Crippen molar-refractivity contribution in [2.24, 2.45) is 0 Å². The molecule has 1 aliphatic rings. The smallest absolute Gasteiger partial charge is 0.335 e. The molecule has 0 unspecified atom stereocenters. The Kier molecular flexibility index (Phi) is 8.29. The summed E-state index contributed by atoms with van der Waals surface area (Å²) >= 11 is 0. The summed E-state index contributed by atoms with van der Waals surface area (Å²) in [6.07, 6.45) is 2.65. The lowest BCUT2D eigenvalue weighted by atomic mass is 10.1. The number of hydrogen-bond donors (Lipinski definition) is 2. The lowest BCUT2D eigenvalue weighted by Gasteiger charge is -2.24. The summed E-state index contributed by atoms with van der Waals surface area (Å²) < 4.78 is 11.7. The number of carboxylic acid groups (broad SMARTS) is 1. The van der Waals surface area contributed by atoms with Crippen molar-refractivity contribution in [3.05, 3.63) is 59.2 Å². The molecule has 1 aliphatic heterocycles. The summed E-state index contributed by atoms with van der Waals surface area (Å²) in [5.41, 5.74) is 2.03. The van der Waals surface area contributed by atoms with E-state index in [9.17, 15) is 14.7 Å². The average Bonchev–Trinajstić information content (AvgIpc) is 2.76. The Hall–Kier alpha value is -3.06. The molecule has 1 amide bonds. The molecule has 0 radical (unpaired) electrons. The highest BCUT2D eigenvalue weighted by Gasteiger charge is 2.18. The number of hydrogen-bond acceptors (Lipinski definition) is 5. The van der Waals surface area contributed by atoms with Crippen molar-refractivity contribution >= 4 is 11.9 Å². The van der Waals surface area contributed by atoms with E-state index in [0.717, 1.165) is 36.1 Å². The number of carboxylic acids is 1. The number of rotatable bonds is 5. The Labute approximate surface area is 183 Å². The topological polar surface area (TPSA) is 88.1 Å². The van der Waals surface area contributed by atoms with Crippen LogP contribution >= 0.6 is 0 Å². The first kappa shape index (κ1) is 22.6. The molecule has 2 aromatic carbocycles. The van der Waals surface area contributed by atoms with Crippen LogP contribution in [-0.4, -0.2) is 48.2 Å². The van der Waals surface area contributed by atoms with Gasteiger partial charge in [0.15, 0.2) is 0 Å². The predicted octanol–water partition coefficient (Wildman–Crippen LogP) is 3.46. The van der Waals surface area contributed by atoms with Crippen LogP contribution in [-0.2, 0) is 17.9 Å². The van der Waals surface area contributed by atoms with Crippen LogP contribution < -0.4 is 14.8 Å². The number of ether oxygens (including phenoxy) is 2. The van der Waals surface area contributed by atoms with Gasteiger partial charge in [-0.1, -0.05) is 24.3 Å². The Morgan fingerprint density at radius 1 is 1.16 bits per heavy atom. The molecule has 0 bridgehead atoms. The van der Waals surface area contributed by atoms with Crippen molar-refractivity contribution in [3.63, 3.8) is 0 Å².